The number of nitrogens with zero attached hydrogens (tertiary/aromatic N) is 1. The van der Waals surface area contributed by atoms with E-state index in [4.69, 9.17) is 0 Å². The Balaban J connectivity index is 2.64. The zero-order valence-electron chi connectivity index (χ0n) is 9.04. The summed E-state index contributed by atoms with van der Waals surface area (Å²) in [5, 5.41) is 0. The van der Waals surface area contributed by atoms with E-state index < -0.39 is 21.8 Å². The van der Waals surface area contributed by atoms with E-state index in [1.807, 2.05) is 0 Å². The van der Waals surface area contributed by atoms with Gasteiger partial charge in [-0.3, -0.25) is 4.98 Å². The lowest BCUT2D eigenvalue weighted by atomic mass is 10.2. The van der Waals surface area contributed by atoms with Crippen LogP contribution in [0.4, 0.5) is 13.2 Å². The van der Waals surface area contributed by atoms with Gasteiger partial charge >= 0.3 is 6.18 Å². The van der Waals surface area contributed by atoms with Crippen LogP contribution in [0.3, 0.4) is 0 Å². The summed E-state index contributed by atoms with van der Waals surface area (Å²) in [5.41, 5.74) is -0.613. The SMILES string of the molecule is O=S(=O)(CBr)NCCc1cc(C(F)(F)F)ccn1. The van der Waals surface area contributed by atoms with Crippen LogP contribution in [0, 0.1) is 0 Å². The fourth-order valence-corrected chi connectivity index (χ4v) is 2.14. The fourth-order valence-electron chi connectivity index (χ4n) is 1.16. The maximum absolute atomic E-state index is 12.4. The molecule has 0 aliphatic rings. The van der Waals surface area contributed by atoms with Gasteiger partial charge in [0.05, 0.1) is 5.56 Å². The number of rotatable bonds is 5. The number of alkyl halides is 4. The van der Waals surface area contributed by atoms with E-state index in [0.29, 0.717) is 0 Å². The lowest BCUT2D eigenvalue weighted by Crippen LogP contribution is -2.26. The van der Waals surface area contributed by atoms with Crippen LogP contribution in [0.5, 0.6) is 0 Å². The lowest BCUT2D eigenvalue weighted by Gasteiger charge is -2.08. The summed E-state index contributed by atoms with van der Waals surface area (Å²) in [6.45, 7) is 0.00223. The molecule has 1 heterocycles. The highest BCUT2D eigenvalue weighted by molar-refractivity contribution is 9.10. The molecule has 0 spiro atoms. The van der Waals surface area contributed by atoms with Crippen molar-refractivity contribution in [2.75, 3.05) is 11.2 Å². The molecule has 0 saturated heterocycles. The highest BCUT2D eigenvalue weighted by atomic mass is 79.9. The van der Waals surface area contributed by atoms with Crippen LogP contribution in [0.1, 0.15) is 11.3 Å². The minimum atomic E-state index is -4.42. The summed E-state index contributed by atoms with van der Waals surface area (Å²) >= 11 is 2.78. The average Bonchev–Trinajstić information content (AvgIpc) is 2.28. The first-order valence-electron chi connectivity index (χ1n) is 4.80. The van der Waals surface area contributed by atoms with Gasteiger partial charge < -0.3 is 0 Å². The summed E-state index contributed by atoms with van der Waals surface area (Å²) in [7, 11) is -3.41. The van der Waals surface area contributed by atoms with Crippen molar-refractivity contribution in [2.24, 2.45) is 0 Å². The molecule has 18 heavy (non-hydrogen) atoms. The Hall–Kier alpha value is -0.670. The van der Waals surface area contributed by atoms with Gasteiger partial charge in [0.1, 0.15) is 4.66 Å². The van der Waals surface area contributed by atoms with Gasteiger partial charge in [0.15, 0.2) is 0 Å². The second kappa shape index (κ2) is 5.98. The average molecular weight is 347 g/mol. The van der Waals surface area contributed by atoms with Gasteiger partial charge in [-0.25, -0.2) is 13.1 Å². The first kappa shape index (κ1) is 15.4. The van der Waals surface area contributed by atoms with Crippen LogP contribution in [0.25, 0.3) is 0 Å². The van der Waals surface area contributed by atoms with Crippen LogP contribution < -0.4 is 4.72 Å². The molecular formula is C9H10BrF3N2O2S. The summed E-state index contributed by atoms with van der Waals surface area (Å²) < 4.78 is 61.2. The van der Waals surface area contributed by atoms with Crippen molar-refractivity contribution < 1.29 is 21.6 Å². The maximum Gasteiger partial charge on any atom is 0.416 e. The van der Waals surface area contributed by atoms with E-state index in [1.54, 1.807) is 0 Å². The smallest absolute Gasteiger partial charge is 0.261 e. The van der Waals surface area contributed by atoms with Crippen molar-refractivity contribution in [3.8, 4) is 0 Å². The largest absolute Gasteiger partial charge is 0.416 e. The fraction of sp³-hybridized carbons (Fsp3) is 0.444. The van der Waals surface area contributed by atoms with Crippen molar-refractivity contribution in [1.82, 2.24) is 9.71 Å². The number of halogens is 4. The predicted molar refractivity (Wildman–Crippen MR) is 63.7 cm³/mol. The third-order valence-electron chi connectivity index (χ3n) is 1.99. The van der Waals surface area contributed by atoms with Crippen molar-refractivity contribution in [3.05, 3.63) is 29.6 Å². The predicted octanol–water partition coefficient (Wildman–Crippen LogP) is 1.91. The Morgan fingerprint density at radius 3 is 2.61 bits per heavy atom. The van der Waals surface area contributed by atoms with Crippen molar-refractivity contribution >= 4 is 26.0 Å². The summed E-state index contributed by atoms with van der Waals surface area (Å²) in [6.07, 6.45) is -3.28. The Labute approximate surface area is 111 Å². The van der Waals surface area contributed by atoms with E-state index >= 15 is 0 Å². The molecule has 4 nitrogen and oxygen atoms in total. The number of sulfonamides is 1. The Morgan fingerprint density at radius 1 is 1.39 bits per heavy atom. The molecule has 1 aromatic rings. The highest BCUT2D eigenvalue weighted by Gasteiger charge is 2.30. The van der Waals surface area contributed by atoms with E-state index in [9.17, 15) is 21.6 Å². The number of aromatic nitrogens is 1. The van der Waals surface area contributed by atoms with Gasteiger partial charge in [-0.15, -0.1) is 0 Å². The van der Waals surface area contributed by atoms with Gasteiger partial charge in [-0.1, -0.05) is 15.9 Å². The molecule has 0 unspecified atom stereocenters. The summed E-state index contributed by atoms with van der Waals surface area (Å²) in [6, 6.07) is 1.77. The first-order chi connectivity index (χ1) is 8.24. The number of hydrogen-bond acceptors (Lipinski definition) is 3. The number of nitrogens with one attached hydrogen (secondary N) is 1. The molecule has 1 aromatic heterocycles. The molecule has 0 bridgehead atoms. The molecule has 1 rings (SSSR count). The highest BCUT2D eigenvalue weighted by Crippen LogP contribution is 2.28. The molecule has 0 saturated carbocycles. The van der Waals surface area contributed by atoms with Crippen molar-refractivity contribution in [1.29, 1.82) is 0 Å². The lowest BCUT2D eigenvalue weighted by molar-refractivity contribution is -0.137. The standard InChI is InChI=1S/C9H10BrF3N2O2S/c10-6-18(16,17)15-4-2-8-5-7(1-3-14-8)9(11,12)13/h1,3,5,15H,2,4,6H2. The van der Waals surface area contributed by atoms with Crippen LogP contribution in [0.15, 0.2) is 18.3 Å². The first-order valence-corrected chi connectivity index (χ1v) is 7.57. The topological polar surface area (TPSA) is 59.1 Å². The van der Waals surface area contributed by atoms with Crippen LogP contribution >= 0.6 is 15.9 Å². The monoisotopic (exact) mass is 346 g/mol. The molecule has 0 fully saturated rings. The minimum absolute atomic E-state index is 0.00223. The molecule has 0 aliphatic heterocycles. The van der Waals surface area contributed by atoms with Gasteiger partial charge in [-0.05, 0) is 12.1 Å². The third-order valence-corrected chi connectivity index (χ3v) is 4.73. The zero-order valence-corrected chi connectivity index (χ0v) is 11.4. The van der Waals surface area contributed by atoms with Gasteiger partial charge in [0, 0.05) is 24.9 Å². The van der Waals surface area contributed by atoms with Crippen LogP contribution in [-0.2, 0) is 22.6 Å². The van der Waals surface area contributed by atoms with E-state index in [-0.39, 0.29) is 23.3 Å². The summed E-state index contributed by atoms with van der Waals surface area (Å²) in [5.74, 6) is 0. The van der Waals surface area contributed by atoms with Gasteiger partial charge in [0.2, 0.25) is 10.0 Å². The molecule has 102 valence electrons. The molecule has 0 atom stereocenters. The van der Waals surface area contributed by atoms with E-state index in [0.717, 1.165) is 18.3 Å². The van der Waals surface area contributed by atoms with Crippen LogP contribution in [-0.4, -0.2) is 24.6 Å². The molecule has 0 aromatic carbocycles. The summed E-state index contributed by atoms with van der Waals surface area (Å²) in [4.78, 5) is 3.75. The molecule has 0 radical (unpaired) electrons. The quantitative estimate of drug-likeness (QED) is 0.828. The van der Waals surface area contributed by atoms with Crippen LogP contribution in [0.2, 0.25) is 0 Å². The number of pyridine rings is 1. The maximum atomic E-state index is 12.4. The molecule has 1 N–H and O–H groups in total. The molecule has 0 aliphatic carbocycles. The second-order valence-electron chi connectivity index (χ2n) is 3.40. The molecule has 9 heteroatoms. The van der Waals surface area contributed by atoms with Crippen molar-refractivity contribution in [3.63, 3.8) is 0 Å². The van der Waals surface area contributed by atoms with Crippen molar-refractivity contribution in [2.45, 2.75) is 12.6 Å². The normalized spacial score (nSPS) is 12.7. The second-order valence-corrected chi connectivity index (χ2v) is 6.51. The molecular weight excluding hydrogens is 337 g/mol. The molecule has 0 amide bonds. The van der Waals surface area contributed by atoms with E-state index in [2.05, 4.69) is 25.6 Å². The third kappa shape index (κ3) is 4.91. The van der Waals surface area contributed by atoms with E-state index in [1.165, 1.54) is 0 Å². The number of hydrogen-bond donors (Lipinski definition) is 1. The van der Waals surface area contributed by atoms with Gasteiger partial charge in [-0.2, -0.15) is 13.2 Å². The Bertz CT molecular complexity index is 505. The van der Waals surface area contributed by atoms with Gasteiger partial charge in [0.25, 0.3) is 0 Å². The Kier molecular flexibility index (Phi) is 5.11. The zero-order chi connectivity index (χ0) is 13.8. The minimum Gasteiger partial charge on any atom is -0.261 e. The Morgan fingerprint density at radius 2 is 2.06 bits per heavy atom.